The van der Waals surface area contributed by atoms with Gasteiger partial charge in [0.2, 0.25) is 0 Å². The van der Waals surface area contributed by atoms with Gasteiger partial charge in [0.15, 0.2) is 11.4 Å². The van der Waals surface area contributed by atoms with Crippen LogP contribution in [-0.4, -0.2) is 24.5 Å². The SMILES string of the molecule is CCc1ccc(N[C@@H]2NC(=O)/C(=C/c3ccc(N(CC)CC)o3)S2)cc1. The molecule has 26 heavy (non-hydrogen) atoms. The van der Waals surface area contributed by atoms with Gasteiger partial charge >= 0.3 is 0 Å². The normalized spacial score (nSPS) is 18.2. The van der Waals surface area contributed by atoms with Gasteiger partial charge in [-0.25, -0.2) is 0 Å². The summed E-state index contributed by atoms with van der Waals surface area (Å²) >= 11 is 1.46. The highest BCUT2D eigenvalue weighted by Crippen LogP contribution is 2.31. The molecule has 2 aromatic rings. The summed E-state index contributed by atoms with van der Waals surface area (Å²) in [5.41, 5.74) is 2.10. The second-order valence-electron chi connectivity index (χ2n) is 6.02. The van der Waals surface area contributed by atoms with Crippen molar-refractivity contribution >= 4 is 35.3 Å². The molecule has 2 heterocycles. The van der Waals surface area contributed by atoms with E-state index in [1.54, 1.807) is 6.08 Å². The molecule has 1 fully saturated rings. The third kappa shape index (κ3) is 4.25. The Morgan fingerprint density at radius 3 is 2.54 bits per heavy atom. The summed E-state index contributed by atoms with van der Waals surface area (Å²) in [5.74, 6) is 1.44. The number of carbonyl (C=O) groups is 1. The molecule has 5 nitrogen and oxygen atoms in total. The number of thioether (sulfide) groups is 1. The molecule has 0 spiro atoms. The van der Waals surface area contributed by atoms with Crippen LogP contribution in [0.5, 0.6) is 0 Å². The standard InChI is InChI=1S/C20H25N3O2S/c1-4-14-7-9-15(10-8-14)21-20-22-19(24)17(26-20)13-16-11-12-18(25-16)23(5-2)6-3/h7-13,20-21H,4-6H2,1-3H3,(H,22,24)/b17-13-/t20-/m1/s1. The highest BCUT2D eigenvalue weighted by Gasteiger charge is 2.27. The van der Waals surface area contributed by atoms with Crippen LogP contribution in [0.1, 0.15) is 32.1 Å². The number of benzene rings is 1. The van der Waals surface area contributed by atoms with Gasteiger partial charge in [-0.2, -0.15) is 0 Å². The summed E-state index contributed by atoms with van der Waals surface area (Å²) in [7, 11) is 0. The van der Waals surface area contributed by atoms with Crippen molar-refractivity contribution in [2.45, 2.75) is 32.7 Å². The zero-order chi connectivity index (χ0) is 18.5. The van der Waals surface area contributed by atoms with E-state index < -0.39 is 0 Å². The topological polar surface area (TPSA) is 57.5 Å². The molecule has 0 saturated carbocycles. The fraction of sp³-hybridized carbons (Fsp3) is 0.350. The van der Waals surface area contributed by atoms with Crippen molar-refractivity contribution < 1.29 is 9.21 Å². The molecule has 0 aliphatic carbocycles. The summed E-state index contributed by atoms with van der Waals surface area (Å²) in [5, 5.41) is 6.28. The van der Waals surface area contributed by atoms with Crippen LogP contribution in [0.15, 0.2) is 45.7 Å². The fourth-order valence-electron chi connectivity index (χ4n) is 2.81. The molecule has 0 unspecified atom stereocenters. The molecular weight excluding hydrogens is 346 g/mol. The molecule has 1 aliphatic heterocycles. The third-order valence-electron chi connectivity index (χ3n) is 4.35. The van der Waals surface area contributed by atoms with Gasteiger partial charge in [0.1, 0.15) is 5.76 Å². The van der Waals surface area contributed by atoms with Gasteiger partial charge < -0.3 is 20.0 Å². The molecule has 138 valence electrons. The van der Waals surface area contributed by atoms with Crippen molar-refractivity contribution in [3.05, 3.63) is 52.6 Å². The second kappa shape index (κ2) is 8.36. The molecule has 1 aromatic carbocycles. The van der Waals surface area contributed by atoms with Crippen LogP contribution in [0.4, 0.5) is 11.6 Å². The van der Waals surface area contributed by atoms with E-state index >= 15 is 0 Å². The lowest BCUT2D eigenvalue weighted by atomic mass is 10.1. The van der Waals surface area contributed by atoms with Gasteiger partial charge in [-0.15, -0.1) is 0 Å². The van der Waals surface area contributed by atoms with Crippen LogP contribution in [0.3, 0.4) is 0 Å². The molecule has 0 bridgehead atoms. The average molecular weight is 372 g/mol. The number of rotatable bonds is 7. The molecule has 1 atom stereocenters. The predicted octanol–water partition coefficient (Wildman–Crippen LogP) is 4.29. The van der Waals surface area contributed by atoms with Gasteiger partial charge in [0, 0.05) is 30.9 Å². The number of amides is 1. The Labute approximate surface area is 158 Å². The quantitative estimate of drug-likeness (QED) is 0.711. The van der Waals surface area contributed by atoms with Gasteiger partial charge in [0.05, 0.1) is 4.91 Å². The van der Waals surface area contributed by atoms with Gasteiger partial charge in [-0.3, -0.25) is 4.79 Å². The molecular formula is C20H25N3O2S. The van der Waals surface area contributed by atoms with E-state index in [1.165, 1.54) is 17.3 Å². The van der Waals surface area contributed by atoms with Gasteiger partial charge in [-0.1, -0.05) is 30.8 Å². The van der Waals surface area contributed by atoms with E-state index in [0.29, 0.717) is 10.7 Å². The fourth-order valence-corrected chi connectivity index (χ4v) is 3.77. The number of nitrogens with one attached hydrogen (secondary N) is 2. The lowest BCUT2D eigenvalue weighted by molar-refractivity contribution is -0.116. The number of hydrogen-bond donors (Lipinski definition) is 2. The first-order chi connectivity index (χ1) is 12.6. The Hall–Kier alpha value is -2.34. The number of furan rings is 1. The van der Waals surface area contributed by atoms with Gasteiger partial charge in [0.25, 0.3) is 5.91 Å². The number of hydrogen-bond acceptors (Lipinski definition) is 5. The van der Waals surface area contributed by atoms with E-state index in [-0.39, 0.29) is 11.4 Å². The largest absolute Gasteiger partial charge is 0.441 e. The molecule has 0 radical (unpaired) electrons. The smallest absolute Gasteiger partial charge is 0.260 e. The van der Waals surface area contributed by atoms with Crippen molar-refractivity contribution in [3.8, 4) is 0 Å². The first-order valence-electron chi connectivity index (χ1n) is 9.02. The maximum atomic E-state index is 12.2. The van der Waals surface area contributed by atoms with E-state index in [0.717, 1.165) is 31.1 Å². The van der Waals surface area contributed by atoms with Crippen LogP contribution in [0.2, 0.25) is 0 Å². The van der Waals surface area contributed by atoms with Crippen LogP contribution in [0.25, 0.3) is 6.08 Å². The Kier molecular flexibility index (Phi) is 5.93. The zero-order valence-electron chi connectivity index (χ0n) is 15.4. The van der Waals surface area contributed by atoms with Crippen molar-refractivity contribution in [3.63, 3.8) is 0 Å². The van der Waals surface area contributed by atoms with Crippen molar-refractivity contribution in [2.75, 3.05) is 23.3 Å². The van der Waals surface area contributed by atoms with Gasteiger partial charge in [-0.05, 0) is 44.0 Å². The Morgan fingerprint density at radius 1 is 1.15 bits per heavy atom. The molecule has 1 aliphatic rings. The van der Waals surface area contributed by atoms with E-state index in [4.69, 9.17) is 4.42 Å². The summed E-state index contributed by atoms with van der Waals surface area (Å²) in [4.78, 5) is 15.0. The Morgan fingerprint density at radius 2 is 1.88 bits per heavy atom. The summed E-state index contributed by atoms with van der Waals surface area (Å²) in [6, 6.07) is 12.1. The lowest BCUT2D eigenvalue weighted by Crippen LogP contribution is -2.30. The minimum absolute atomic E-state index is 0.0848. The van der Waals surface area contributed by atoms with Crippen molar-refractivity contribution in [1.29, 1.82) is 0 Å². The first kappa shape index (κ1) is 18.5. The van der Waals surface area contributed by atoms with E-state index in [1.807, 2.05) is 24.3 Å². The molecule has 1 saturated heterocycles. The summed E-state index contributed by atoms with van der Waals surface area (Å²) in [6.45, 7) is 8.09. The highest BCUT2D eigenvalue weighted by atomic mass is 32.2. The van der Waals surface area contributed by atoms with Crippen molar-refractivity contribution in [2.24, 2.45) is 0 Å². The van der Waals surface area contributed by atoms with Crippen LogP contribution in [0, 0.1) is 0 Å². The molecule has 6 heteroatoms. The van der Waals surface area contributed by atoms with Crippen molar-refractivity contribution in [1.82, 2.24) is 5.32 Å². The lowest BCUT2D eigenvalue weighted by Gasteiger charge is -2.16. The second-order valence-corrected chi connectivity index (χ2v) is 7.17. The maximum absolute atomic E-state index is 12.2. The molecule has 1 aromatic heterocycles. The Bertz CT molecular complexity index is 779. The van der Waals surface area contributed by atoms with Crippen LogP contribution >= 0.6 is 11.8 Å². The molecule has 3 rings (SSSR count). The molecule has 2 N–H and O–H groups in total. The van der Waals surface area contributed by atoms with E-state index in [2.05, 4.69) is 48.4 Å². The number of aryl methyl sites for hydroxylation is 1. The minimum Gasteiger partial charge on any atom is -0.441 e. The van der Waals surface area contributed by atoms with Crippen LogP contribution < -0.4 is 15.5 Å². The monoisotopic (exact) mass is 371 g/mol. The van der Waals surface area contributed by atoms with Crippen LogP contribution in [-0.2, 0) is 11.2 Å². The number of nitrogens with zero attached hydrogens (tertiary/aromatic N) is 1. The third-order valence-corrected chi connectivity index (χ3v) is 5.38. The minimum atomic E-state index is -0.182. The zero-order valence-corrected chi connectivity index (χ0v) is 16.2. The average Bonchev–Trinajstić information content (AvgIpc) is 3.24. The number of anilines is 2. The highest BCUT2D eigenvalue weighted by molar-refractivity contribution is 8.05. The predicted molar refractivity (Wildman–Crippen MR) is 109 cm³/mol. The maximum Gasteiger partial charge on any atom is 0.260 e. The number of carbonyl (C=O) groups excluding carboxylic acids is 1. The van der Waals surface area contributed by atoms with E-state index in [9.17, 15) is 4.79 Å². The summed E-state index contributed by atoms with van der Waals surface area (Å²) < 4.78 is 5.85. The summed E-state index contributed by atoms with van der Waals surface area (Å²) in [6.07, 6.45) is 2.82. The molecule has 1 amide bonds. The first-order valence-corrected chi connectivity index (χ1v) is 9.90. The Balaban J connectivity index is 1.66.